The van der Waals surface area contributed by atoms with Gasteiger partial charge in [-0.25, -0.2) is 0 Å². The molecule has 0 saturated heterocycles. The van der Waals surface area contributed by atoms with Crippen molar-refractivity contribution in [2.45, 2.75) is 32.2 Å². The number of aliphatic hydroxyl groups excluding tert-OH is 1. The second kappa shape index (κ2) is 6.25. The van der Waals surface area contributed by atoms with Gasteiger partial charge in [-0.2, -0.15) is 0 Å². The SMILES string of the molecule is CC(NCC1CCCC1CO)c1cc2ccccc2s1. The highest BCUT2D eigenvalue weighted by atomic mass is 32.1. The van der Waals surface area contributed by atoms with Crippen LogP contribution in [0.1, 0.15) is 37.1 Å². The largest absolute Gasteiger partial charge is 0.396 e. The minimum absolute atomic E-state index is 0.351. The molecule has 1 heterocycles. The van der Waals surface area contributed by atoms with Crippen LogP contribution in [0, 0.1) is 11.8 Å². The van der Waals surface area contributed by atoms with E-state index in [-0.39, 0.29) is 0 Å². The van der Waals surface area contributed by atoms with Crippen LogP contribution in [0.2, 0.25) is 0 Å². The molecule has 0 bridgehead atoms. The molecule has 108 valence electrons. The average Bonchev–Trinajstić information content (AvgIpc) is 3.10. The van der Waals surface area contributed by atoms with E-state index in [9.17, 15) is 5.11 Å². The molecule has 1 aromatic carbocycles. The molecule has 1 aliphatic carbocycles. The van der Waals surface area contributed by atoms with Crippen molar-refractivity contribution in [1.29, 1.82) is 0 Å². The van der Waals surface area contributed by atoms with Gasteiger partial charge in [0, 0.05) is 22.2 Å². The highest BCUT2D eigenvalue weighted by Crippen LogP contribution is 2.33. The number of thiophene rings is 1. The fourth-order valence-corrected chi connectivity index (χ4v) is 4.36. The maximum Gasteiger partial charge on any atom is 0.0462 e. The summed E-state index contributed by atoms with van der Waals surface area (Å²) in [6.45, 7) is 3.62. The Balaban J connectivity index is 1.62. The maximum atomic E-state index is 9.39. The minimum atomic E-state index is 0.351. The minimum Gasteiger partial charge on any atom is -0.396 e. The van der Waals surface area contributed by atoms with Crippen LogP contribution in [0.15, 0.2) is 30.3 Å². The second-order valence-corrected chi connectivity index (χ2v) is 7.07. The molecule has 3 heteroatoms. The third-order valence-electron chi connectivity index (χ3n) is 4.61. The molecular weight excluding hydrogens is 266 g/mol. The molecule has 0 aliphatic heterocycles. The molecule has 0 radical (unpaired) electrons. The number of hydrogen-bond acceptors (Lipinski definition) is 3. The van der Waals surface area contributed by atoms with Crippen molar-refractivity contribution in [3.63, 3.8) is 0 Å². The molecular formula is C17H23NOS. The van der Waals surface area contributed by atoms with Gasteiger partial charge in [0.05, 0.1) is 0 Å². The van der Waals surface area contributed by atoms with Gasteiger partial charge in [0.25, 0.3) is 0 Å². The van der Waals surface area contributed by atoms with Crippen LogP contribution in [0.4, 0.5) is 0 Å². The predicted molar refractivity (Wildman–Crippen MR) is 86.2 cm³/mol. The van der Waals surface area contributed by atoms with E-state index in [1.54, 1.807) is 0 Å². The van der Waals surface area contributed by atoms with Gasteiger partial charge in [0.1, 0.15) is 0 Å². The topological polar surface area (TPSA) is 32.3 Å². The van der Waals surface area contributed by atoms with Crippen molar-refractivity contribution in [3.05, 3.63) is 35.2 Å². The first-order valence-electron chi connectivity index (χ1n) is 7.60. The molecule has 1 fully saturated rings. The Morgan fingerprint density at radius 2 is 2.10 bits per heavy atom. The predicted octanol–water partition coefficient (Wildman–Crippen LogP) is 3.96. The number of aliphatic hydroxyl groups is 1. The van der Waals surface area contributed by atoms with Gasteiger partial charge in [0.2, 0.25) is 0 Å². The summed E-state index contributed by atoms with van der Waals surface area (Å²) in [5.41, 5.74) is 0. The summed E-state index contributed by atoms with van der Waals surface area (Å²) in [5, 5.41) is 14.4. The highest BCUT2D eigenvalue weighted by molar-refractivity contribution is 7.19. The summed E-state index contributed by atoms with van der Waals surface area (Å²) in [5.74, 6) is 1.16. The van der Waals surface area contributed by atoms with Gasteiger partial charge < -0.3 is 10.4 Å². The van der Waals surface area contributed by atoms with Gasteiger partial charge >= 0.3 is 0 Å². The van der Waals surface area contributed by atoms with E-state index >= 15 is 0 Å². The van der Waals surface area contributed by atoms with Gasteiger partial charge in [-0.3, -0.25) is 0 Å². The molecule has 2 nitrogen and oxygen atoms in total. The van der Waals surface area contributed by atoms with Gasteiger partial charge in [-0.05, 0) is 55.7 Å². The first kappa shape index (κ1) is 14.1. The maximum absolute atomic E-state index is 9.39. The van der Waals surface area contributed by atoms with Crippen LogP contribution < -0.4 is 5.32 Å². The lowest BCUT2D eigenvalue weighted by Crippen LogP contribution is -2.28. The van der Waals surface area contributed by atoms with Gasteiger partial charge in [0.15, 0.2) is 0 Å². The van der Waals surface area contributed by atoms with Crippen molar-refractivity contribution in [3.8, 4) is 0 Å². The molecule has 0 amide bonds. The van der Waals surface area contributed by atoms with Crippen LogP contribution in [0.3, 0.4) is 0 Å². The molecule has 3 unspecified atom stereocenters. The highest BCUT2D eigenvalue weighted by Gasteiger charge is 2.26. The number of hydrogen-bond donors (Lipinski definition) is 2. The van der Waals surface area contributed by atoms with Crippen molar-refractivity contribution in [1.82, 2.24) is 5.32 Å². The molecule has 2 N–H and O–H groups in total. The molecule has 2 aromatic rings. The molecule has 20 heavy (non-hydrogen) atoms. The zero-order valence-electron chi connectivity index (χ0n) is 12.0. The monoisotopic (exact) mass is 289 g/mol. The Morgan fingerprint density at radius 3 is 2.90 bits per heavy atom. The van der Waals surface area contributed by atoms with E-state index in [4.69, 9.17) is 0 Å². The van der Waals surface area contributed by atoms with Gasteiger partial charge in [-0.15, -0.1) is 11.3 Å². The van der Waals surface area contributed by atoms with Crippen LogP contribution in [0.25, 0.3) is 10.1 Å². The summed E-state index contributed by atoms with van der Waals surface area (Å²) in [7, 11) is 0. The van der Waals surface area contributed by atoms with Crippen LogP contribution >= 0.6 is 11.3 Å². The summed E-state index contributed by atoms with van der Waals surface area (Å²) < 4.78 is 1.37. The zero-order valence-corrected chi connectivity index (χ0v) is 12.8. The van der Waals surface area contributed by atoms with Crippen LogP contribution in [0.5, 0.6) is 0 Å². The molecule has 1 saturated carbocycles. The third-order valence-corrected chi connectivity index (χ3v) is 5.91. The van der Waals surface area contributed by atoms with E-state index in [1.165, 1.54) is 34.2 Å². The normalized spacial score (nSPS) is 24.3. The van der Waals surface area contributed by atoms with E-state index < -0.39 is 0 Å². The Morgan fingerprint density at radius 1 is 1.30 bits per heavy atom. The smallest absolute Gasteiger partial charge is 0.0462 e. The zero-order chi connectivity index (χ0) is 13.9. The Kier molecular flexibility index (Phi) is 4.39. The molecule has 1 aromatic heterocycles. The molecule has 3 atom stereocenters. The van der Waals surface area contributed by atoms with E-state index in [0.717, 1.165) is 6.54 Å². The van der Waals surface area contributed by atoms with Crippen molar-refractivity contribution in [2.24, 2.45) is 11.8 Å². The van der Waals surface area contributed by atoms with Crippen LogP contribution in [-0.2, 0) is 0 Å². The number of rotatable bonds is 5. The molecule has 3 rings (SSSR count). The Labute approximate surface area is 124 Å². The van der Waals surface area contributed by atoms with Gasteiger partial charge in [-0.1, -0.05) is 24.6 Å². The van der Waals surface area contributed by atoms with E-state index in [2.05, 4.69) is 42.6 Å². The number of nitrogens with one attached hydrogen (secondary N) is 1. The lowest BCUT2D eigenvalue weighted by molar-refractivity contribution is 0.191. The third kappa shape index (κ3) is 2.90. The quantitative estimate of drug-likeness (QED) is 0.873. The lowest BCUT2D eigenvalue weighted by atomic mass is 9.96. The van der Waals surface area contributed by atoms with Crippen molar-refractivity contribution < 1.29 is 5.11 Å². The first-order valence-corrected chi connectivity index (χ1v) is 8.42. The van der Waals surface area contributed by atoms with E-state index in [1.807, 2.05) is 11.3 Å². The standard InChI is InChI=1S/C17H23NOS/c1-12(18-10-14-6-4-7-15(14)11-19)17-9-13-5-2-3-8-16(13)20-17/h2-3,5,8-9,12,14-15,18-19H,4,6-7,10-11H2,1H3. The summed E-state index contributed by atoms with van der Waals surface area (Å²) in [6.07, 6.45) is 3.73. The van der Waals surface area contributed by atoms with Crippen molar-refractivity contribution in [2.75, 3.05) is 13.2 Å². The second-order valence-electron chi connectivity index (χ2n) is 5.95. The summed E-state index contributed by atoms with van der Waals surface area (Å²) in [4.78, 5) is 1.41. The number of fused-ring (bicyclic) bond motifs is 1. The average molecular weight is 289 g/mol. The summed E-state index contributed by atoms with van der Waals surface area (Å²) >= 11 is 1.88. The Hall–Kier alpha value is -0.900. The Bertz CT molecular complexity index is 532. The van der Waals surface area contributed by atoms with E-state index in [0.29, 0.717) is 24.5 Å². The lowest BCUT2D eigenvalue weighted by Gasteiger charge is -2.20. The summed E-state index contributed by atoms with van der Waals surface area (Å²) in [6, 6.07) is 11.3. The van der Waals surface area contributed by atoms with Crippen LogP contribution in [-0.4, -0.2) is 18.3 Å². The number of benzene rings is 1. The fraction of sp³-hybridized carbons (Fsp3) is 0.529. The van der Waals surface area contributed by atoms with Crippen molar-refractivity contribution >= 4 is 21.4 Å². The molecule has 1 aliphatic rings. The fourth-order valence-electron chi connectivity index (χ4n) is 3.27. The molecule has 0 spiro atoms. The first-order chi connectivity index (χ1) is 9.78.